The molecule has 0 amide bonds. The smallest absolute Gasteiger partial charge is 0.330 e. The van der Waals surface area contributed by atoms with Gasteiger partial charge in [-0.1, -0.05) is 0 Å². The van der Waals surface area contributed by atoms with E-state index in [1.165, 1.54) is 0 Å². The van der Waals surface area contributed by atoms with Crippen molar-refractivity contribution >= 4 is 7.60 Å². The van der Waals surface area contributed by atoms with Gasteiger partial charge < -0.3 is 14.2 Å². The highest BCUT2D eigenvalue weighted by Gasteiger charge is 2.26. The highest BCUT2D eigenvalue weighted by Crippen LogP contribution is 2.49. The highest BCUT2D eigenvalue weighted by molar-refractivity contribution is 7.53. The summed E-state index contributed by atoms with van der Waals surface area (Å²) in [5, 5.41) is 9.49. The van der Waals surface area contributed by atoms with Crippen LogP contribution in [0.15, 0.2) is 0 Å². The molecular weight excluding hydrogens is 203 g/mol. The van der Waals surface area contributed by atoms with Crippen molar-refractivity contribution in [1.82, 2.24) is 0 Å². The number of rotatable bonds is 7. The molecule has 0 fully saturated rings. The SMILES string of the molecule is CCOP(=O)(CCC(C)(C)O)OCC. The Hall–Kier alpha value is 0.110. The minimum absolute atomic E-state index is 0.262. The molecule has 0 atom stereocenters. The Kier molecular flexibility index (Phi) is 5.91. The van der Waals surface area contributed by atoms with Crippen LogP contribution >= 0.6 is 7.60 Å². The van der Waals surface area contributed by atoms with E-state index in [0.717, 1.165) is 0 Å². The van der Waals surface area contributed by atoms with Gasteiger partial charge in [0.2, 0.25) is 0 Å². The molecule has 0 spiro atoms. The first kappa shape index (κ1) is 14.1. The third-order valence-electron chi connectivity index (χ3n) is 1.65. The molecule has 0 bridgehead atoms. The molecule has 4 nitrogen and oxygen atoms in total. The third kappa shape index (κ3) is 6.55. The second-order valence-electron chi connectivity index (χ2n) is 3.73. The van der Waals surface area contributed by atoms with Gasteiger partial charge in [-0.3, -0.25) is 4.57 Å². The lowest BCUT2D eigenvalue weighted by Crippen LogP contribution is -2.20. The van der Waals surface area contributed by atoms with Gasteiger partial charge in [0, 0.05) is 0 Å². The van der Waals surface area contributed by atoms with Gasteiger partial charge in [-0.05, 0) is 34.1 Å². The zero-order chi connectivity index (χ0) is 11.2. The predicted molar refractivity (Wildman–Crippen MR) is 56.6 cm³/mol. The Morgan fingerprint density at radius 1 is 1.21 bits per heavy atom. The first-order chi connectivity index (χ1) is 6.33. The summed E-state index contributed by atoms with van der Waals surface area (Å²) >= 11 is 0. The summed E-state index contributed by atoms with van der Waals surface area (Å²) in [7, 11) is -2.98. The van der Waals surface area contributed by atoms with Crippen molar-refractivity contribution in [1.29, 1.82) is 0 Å². The van der Waals surface area contributed by atoms with E-state index in [-0.39, 0.29) is 6.16 Å². The van der Waals surface area contributed by atoms with Crippen molar-refractivity contribution in [3.63, 3.8) is 0 Å². The van der Waals surface area contributed by atoms with Crippen LogP contribution in [0.5, 0.6) is 0 Å². The highest BCUT2D eigenvalue weighted by atomic mass is 31.2. The molecule has 0 aliphatic carbocycles. The molecule has 14 heavy (non-hydrogen) atoms. The van der Waals surface area contributed by atoms with E-state index in [4.69, 9.17) is 9.05 Å². The van der Waals surface area contributed by atoms with E-state index in [9.17, 15) is 9.67 Å². The molecule has 0 aliphatic heterocycles. The van der Waals surface area contributed by atoms with E-state index >= 15 is 0 Å². The monoisotopic (exact) mass is 224 g/mol. The van der Waals surface area contributed by atoms with Crippen molar-refractivity contribution < 1.29 is 18.7 Å². The molecule has 0 aromatic rings. The zero-order valence-electron chi connectivity index (χ0n) is 9.45. The lowest BCUT2D eigenvalue weighted by atomic mass is 10.1. The molecule has 0 unspecified atom stereocenters. The molecule has 0 saturated carbocycles. The largest absolute Gasteiger partial charge is 0.390 e. The van der Waals surface area contributed by atoms with Crippen LogP contribution in [0.1, 0.15) is 34.1 Å². The lowest BCUT2D eigenvalue weighted by Gasteiger charge is -2.21. The number of aliphatic hydroxyl groups is 1. The summed E-state index contributed by atoms with van der Waals surface area (Å²) in [6, 6.07) is 0. The van der Waals surface area contributed by atoms with Gasteiger partial charge in [0.05, 0.1) is 25.0 Å². The first-order valence-corrected chi connectivity index (χ1v) is 6.66. The topological polar surface area (TPSA) is 55.8 Å². The normalized spacial score (nSPS) is 13.2. The van der Waals surface area contributed by atoms with Gasteiger partial charge in [0.1, 0.15) is 0 Å². The van der Waals surface area contributed by atoms with Gasteiger partial charge in [-0.25, -0.2) is 0 Å². The zero-order valence-corrected chi connectivity index (χ0v) is 10.3. The molecule has 0 heterocycles. The lowest BCUT2D eigenvalue weighted by molar-refractivity contribution is 0.0744. The maximum atomic E-state index is 11.9. The van der Waals surface area contributed by atoms with Gasteiger partial charge in [-0.2, -0.15) is 0 Å². The van der Waals surface area contributed by atoms with Gasteiger partial charge in [0.25, 0.3) is 0 Å². The van der Waals surface area contributed by atoms with E-state index in [1.807, 2.05) is 0 Å². The van der Waals surface area contributed by atoms with Crippen LogP contribution in [-0.2, 0) is 13.6 Å². The molecular formula is C9H21O4P. The number of hydrogen-bond donors (Lipinski definition) is 1. The molecule has 1 N–H and O–H groups in total. The fourth-order valence-corrected chi connectivity index (χ4v) is 2.91. The van der Waals surface area contributed by atoms with E-state index in [2.05, 4.69) is 0 Å². The minimum Gasteiger partial charge on any atom is -0.390 e. The predicted octanol–water partition coefficient (Wildman–Crippen LogP) is 2.41. The second-order valence-corrected chi connectivity index (χ2v) is 5.92. The van der Waals surface area contributed by atoms with Gasteiger partial charge in [-0.15, -0.1) is 0 Å². The molecule has 86 valence electrons. The van der Waals surface area contributed by atoms with Crippen LogP contribution < -0.4 is 0 Å². The summed E-state index contributed by atoms with van der Waals surface area (Å²) in [4.78, 5) is 0. The van der Waals surface area contributed by atoms with E-state index < -0.39 is 13.2 Å². The van der Waals surface area contributed by atoms with Crippen molar-refractivity contribution in [3.05, 3.63) is 0 Å². The first-order valence-electron chi connectivity index (χ1n) is 4.93. The van der Waals surface area contributed by atoms with Crippen LogP contribution in [0.3, 0.4) is 0 Å². The van der Waals surface area contributed by atoms with E-state index in [0.29, 0.717) is 19.6 Å². The number of hydrogen-bond acceptors (Lipinski definition) is 4. The molecule has 5 heteroatoms. The average Bonchev–Trinajstić information content (AvgIpc) is 2.01. The van der Waals surface area contributed by atoms with Crippen LogP contribution in [0.25, 0.3) is 0 Å². The maximum absolute atomic E-state index is 11.9. The maximum Gasteiger partial charge on any atom is 0.330 e. The molecule has 0 rings (SSSR count). The van der Waals surface area contributed by atoms with Crippen molar-refractivity contribution in [3.8, 4) is 0 Å². The molecule has 0 aromatic carbocycles. The van der Waals surface area contributed by atoms with Crippen LogP contribution in [0, 0.1) is 0 Å². The summed E-state index contributed by atoms with van der Waals surface area (Å²) < 4.78 is 22.1. The molecule has 0 aliphatic rings. The summed E-state index contributed by atoms with van der Waals surface area (Å²) in [6.07, 6.45) is 0.669. The third-order valence-corrected chi connectivity index (χ3v) is 3.72. The standard InChI is InChI=1S/C9H21O4P/c1-5-12-14(11,13-6-2)8-7-9(3,4)10/h10H,5-8H2,1-4H3. The Morgan fingerprint density at radius 2 is 1.64 bits per heavy atom. The Labute approximate surface area is 86.1 Å². The average molecular weight is 224 g/mol. The summed E-state index contributed by atoms with van der Waals surface area (Å²) in [6.45, 7) is 7.63. The Balaban J connectivity index is 4.16. The molecule has 0 saturated heterocycles. The Bertz CT molecular complexity index is 187. The Morgan fingerprint density at radius 3 is 1.93 bits per heavy atom. The van der Waals surface area contributed by atoms with Crippen LogP contribution in [0.2, 0.25) is 0 Å². The fourth-order valence-electron chi connectivity index (χ4n) is 0.970. The fraction of sp³-hybridized carbons (Fsp3) is 1.00. The van der Waals surface area contributed by atoms with E-state index in [1.54, 1.807) is 27.7 Å². The van der Waals surface area contributed by atoms with Gasteiger partial charge in [0.15, 0.2) is 0 Å². The summed E-state index contributed by atoms with van der Waals surface area (Å²) in [5.74, 6) is 0. The van der Waals surface area contributed by atoms with Gasteiger partial charge >= 0.3 is 7.60 Å². The van der Waals surface area contributed by atoms with Crippen LogP contribution in [0.4, 0.5) is 0 Å². The molecule has 0 radical (unpaired) electrons. The second kappa shape index (κ2) is 5.86. The molecule has 0 aromatic heterocycles. The van der Waals surface area contributed by atoms with Crippen LogP contribution in [-0.4, -0.2) is 30.1 Å². The van der Waals surface area contributed by atoms with Crippen molar-refractivity contribution in [2.45, 2.75) is 39.7 Å². The van der Waals surface area contributed by atoms with Crippen molar-refractivity contribution in [2.75, 3.05) is 19.4 Å². The summed E-state index contributed by atoms with van der Waals surface area (Å²) in [5.41, 5.74) is -0.830. The minimum atomic E-state index is -2.98. The van der Waals surface area contributed by atoms with Crippen molar-refractivity contribution in [2.24, 2.45) is 0 Å². The quantitative estimate of drug-likeness (QED) is 0.675.